The molecule has 2 bridgehead atoms. The van der Waals surface area contributed by atoms with Crippen LogP contribution in [0, 0.1) is 16.7 Å². The van der Waals surface area contributed by atoms with Crippen molar-refractivity contribution in [1.82, 2.24) is 0 Å². The molecular weight excluding hydrogens is 390 g/mol. The van der Waals surface area contributed by atoms with E-state index in [1.807, 2.05) is 64.0 Å². The second-order valence-electron chi connectivity index (χ2n) is 9.57. The third kappa shape index (κ3) is 3.21. The normalized spacial score (nSPS) is 24.3. The summed E-state index contributed by atoms with van der Waals surface area (Å²) in [6.45, 7) is 6.02. The molecule has 3 amide bonds. The van der Waals surface area contributed by atoms with Crippen molar-refractivity contribution in [1.29, 1.82) is 0 Å². The third-order valence-electron chi connectivity index (χ3n) is 7.45. The number of nitrogens with one attached hydrogen (secondary N) is 1. The third-order valence-corrected chi connectivity index (χ3v) is 7.45. The highest BCUT2D eigenvalue weighted by atomic mass is 16.2. The highest BCUT2D eigenvalue weighted by molar-refractivity contribution is 6.20. The number of hydrogen-bond acceptors (Lipinski definition) is 4. The Labute approximate surface area is 183 Å². The van der Waals surface area contributed by atoms with E-state index in [1.54, 1.807) is 24.3 Å². The van der Waals surface area contributed by atoms with Gasteiger partial charge in [0, 0.05) is 37.0 Å². The fraction of sp³-hybridized carbons (Fsp3) is 0.400. The van der Waals surface area contributed by atoms with Gasteiger partial charge in [-0.15, -0.1) is 0 Å². The molecule has 0 radical (unpaired) electrons. The van der Waals surface area contributed by atoms with E-state index in [2.05, 4.69) is 5.32 Å². The second-order valence-corrected chi connectivity index (χ2v) is 9.57. The molecule has 6 nitrogen and oxygen atoms in total. The van der Waals surface area contributed by atoms with Gasteiger partial charge in [0.05, 0.1) is 11.1 Å². The summed E-state index contributed by atoms with van der Waals surface area (Å²) in [4.78, 5) is 42.3. The maximum atomic E-state index is 13.3. The van der Waals surface area contributed by atoms with E-state index in [1.165, 1.54) is 4.90 Å². The van der Waals surface area contributed by atoms with Crippen LogP contribution in [0.3, 0.4) is 0 Å². The van der Waals surface area contributed by atoms with Crippen molar-refractivity contribution >= 4 is 34.8 Å². The summed E-state index contributed by atoms with van der Waals surface area (Å²) >= 11 is 0. The smallest absolute Gasteiger partial charge is 0.255 e. The van der Waals surface area contributed by atoms with Crippen LogP contribution in [-0.4, -0.2) is 31.8 Å². The molecule has 1 N–H and O–H groups in total. The minimum Gasteiger partial charge on any atom is -0.378 e. The van der Waals surface area contributed by atoms with E-state index < -0.39 is 5.41 Å². The number of hydrogen-bond donors (Lipinski definition) is 1. The monoisotopic (exact) mass is 419 g/mol. The molecule has 0 spiro atoms. The van der Waals surface area contributed by atoms with E-state index in [0.717, 1.165) is 18.5 Å². The summed E-state index contributed by atoms with van der Waals surface area (Å²) in [6, 6.07) is 14.2. The minimum absolute atomic E-state index is 0.136. The van der Waals surface area contributed by atoms with Crippen molar-refractivity contribution in [3.8, 4) is 0 Å². The van der Waals surface area contributed by atoms with Crippen LogP contribution in [-0.2, 0) is 9.59 Å². The molecule has 6 heteroatoms. The van der Waals surface area contributed by atoms with E-state index in [-0.39, 0.29) is 29.1 Å². The summed E-state index contributed by atoms with van der Waals surface area (Å²) in [5.41, 5.74) is 1.83. The molecule has 1 saturated carbocycles. The van der Waals surface area contributed by atoms with Gasteiger partial charge in [-0.2, -0.15) is 0 Å². The maximum Gasteiger partial charge on any atom is 0.255 e. The molecule has 1 saturated heterocycles. The first-order valence-electron chi connectivity index (χ1n) is 10.6. The Morgan fingerprint density at radius 3 is 2.19 bits per heavy atom. The Kier molecular flexibility index (Phi) is 4.91. The summed E-state index contributed by atoms with van der Waals surface area (Å²) in [5, 5.41) is 2.88. The molecule has 2 fully saturated rings. The van der Waals surface area contributed by atoms with Crippen molar-refractivity contribution in [2.75, 3.05) is 29.2 Å². The first-order valence-corrected chi connectivity index (χ1v) is 10.6. The topological polar surface area (TPSA) is 69.7 Å². The zero-order valence-electron chi connectivity index (χ0n) is 18.7. The summed E-state index contributed by atoms with van der Waals surface area (Å²) in [7, 11) is 3.92. The highest BCUT2D eigenvalue weighted by Crippen LogP contribution is 2.60. The lowest BCUT2D eigenvalue weighted by atomic mass is 9.62. The quantitative estimate of drug-likeness (QED) is 0.750. The summed E-state index contributed by atoms with van der Waals surface area (Å²) in [5.74, 6) is -0.686. The van der Waals surface area contributed by atoms with Crippen LogP contribution in [0.25, 0.3) is 0 Å². The predicted octanol–water partition coefficient (Wildman–Crippen LogP) is 4.32. The fourth-order valence-electron chi connectivity index (χ4n) is 4.87. The number of nitrogens with zero attached hydrogens (tertiary/aromatic N) is 2. The Hall–Kier alpha value is -3.15. The molecule has 31 heavy (non-hydrogen) atoms. The van der Waals surface area contributed by atoms with Gasteiger partial charge < -0.3 is 10.2 Å². The van der Waals surface area contributed by atoms with Gasteiger partial charge >= 0.3 is 0 Å². The fourth-order valence-corrected chi connectivity index (χ4v) is 4.87. The van der Waals surface area contributed by atoms with Gasteiger partial charge in [0.2, 0.25) is 11.8 Å². The molecular formula is C25H29N3O3. The van der Waals surface area contributed by atoms with Crippen LogP contribution in [0.2, 0.25) is 0 Å². The molecule has 2 aromatic rings. The number of rotatable bonds is 4. The number of imide groups is 1. The molecule has 1 heterocycles. The first-order chi connectivity index (χ1) is 14.6. The van der Waals surface area contributed by atoms with Gasteiger partial charge in [-0.25, -0.2) is 4.90 Å². The lowest BCUT2D eigenvalue weighted by Crippen LogP contribution is -2.59. The Morgan fingerprint density at radius 1 is 1.00 bits per heavy atom. The molecule has 2 atom stereocenters. The molecule has 162 valence electrons. The van der Waals surface area contributed by atoms with E-state index in [9.17, 15) is 14.4 Å². The number of carbonyl (C=O) groups is 3. The maximum absolute atomic E-state index is 13.3. The lowest BCUT2D eigenvalue weighted by Gasteiger charge is -2.47. The van der Waals surface area contributed by atoms with Crippen LogP contribution in [0.15, 0.2) is 48.5 Å². The van der Waals surface area contributed by atoms with Crippen molar-refractivity contribution < 1.29 is 14.4 Å². The molecule has 4 rings (SSSR count). The van der Waals surface area contributed by atoms with Crippen molar-refractivity contribution in [3.63, 3.8) is 0 Å². The van der Waals surface area contributed by atoms with Gasteiger partial charge in [-0.1, -0.05) is 20.8 Å². The van der Waals surface area contributed by atoms with Gasteiger partial charge in [-0.3, -0.25) is 14.4 Å². The van der Waals surface area contributed by atoms with Crippen molar-refractivity contribution in [2.24, 2.45) is 16.7 Å². The molecule has 2 aliphatic rings. The Bertz CT molecular complexity index is 1040. The van der Waals surface area contributed by atoms with Gasteiger partial charge in [0.25, 0.3) is 5.91 Å². The largest absolute Gasteiger partial charge is 0.378 e. The lowest BCUT2D eigenvalue weighted by molar-refractivity contribution is -0.146. The highest BCUT2D eigenvalue weighted by Gasteiger charge is 2.64. The van der Waals surface area contributed by atoms with E-state index in [4.69, 9.17) is 0 Å². The van der Waals surface area contributed by atoms with Gasteiger partial charge in [-0.05, 0) is 66.8 Å². The molecule has 2 aromatic carbocycles. The van der Waals surface area contributed by atoms with Crippen LogP contribution in [0.5, 0.6) is 0 Å². The van der Waals surface area contributed by atoms with Crippen LogP contribution < -0.4 is 15.1 Å². The SMILES string of the molecule is CN(C)c1ccc(NC(=O)c2ccc(N3C(=O)[C@H]4CC[C@@](C)(C3=O)C4(C)C)cc2)cc1. The molecule has 0 aromatic heterocycles. The zero-order valence-corrected chi connectivity index (χ0v) is 18.7. The van der Waals surface area contributed by atoms with Crippen LogP contribution in [0.1, 0.15) is 44.0 Å². The van der Waals surface area contributed by atoms with E-state index >= 15 is 0 Å². The van der Waals surface area contributed by atoms with Crippen LogP contribution >= 0.6 is 0 Å². The number of piperidine rings is 1. The van der Waals surface area contributed by atoms with E-state index in [0.29, 0.717) is 16.9 Å². The van der Waals surface area contributed by atoms with Crippen LogP contribution in [0.4, 0.5) is 17.1 Å². The minimum atomic E-state index is -0.555. The number of anilines is 3. The summed E-state index contributed by atoms with van der Waals surface area (Å²) in [6.07, 6.45) is 1.45. The first kappa shape index (κ1) is 21.1. The number of carbonyl (C=O) groups excluding carboxylic acids is 3. The number of amides is 3. The Morgan fingerprint density at radius 2 is 1.61 bits per heavy atom. The van der Waals surface area contributed by atoms with Crippen molar-refractivity contribution in [3.05, 3.63) is 54.1 Å². The summed E-state index contributed by atoms with van der Waals surface area (Å²) < 4.78 is 0. The average molecular weight is 420 g/mol. The average Bonchev–Trinajstić information content (AvgIpc) is 2.92. The standard InChI is InChI=1S/C25H29N3O3/c1-24(2)20-14-15-25(24,3)23(31)28(22(20)30)19-10-6-16(7-11-19)21(29)26-17-8-12-18(13-9-17)27(4)5/h6-13,20H,14-15H2,1-5H3,(H,26,29)/t20-,25+/m1/s1. The predicted molar refractivity (Wildman–Crippen MR) is 122 cm³/mol. The second kappa shape index (κ2) is 7.22. The molecule has 1 aliphatic heterocycles. The number of fused-ring (bicyclic) bond motifs is 2. The van der Waals surface area contributed by atoms with Gasteiger partial charge in [0.15, 0.2) is 0 Å². The number of benzene rings is 2. The van der Waals surface area contributed by atoms with Gasteiger partial charge in [0.1, 0.15) is 0 Å². The zero-order chi connectivity index (χ0) is 22.6. The van der Waals surface area contributed by atoms with Crippen molar-refractivity contribution in [2.45, 2.75) is 33.6 Å². The molecule has 1 aliphatic carbocycles. The molecule has 0 unspecified atom stereocenters. The Balaban J connectivity index is 1.52.